The molecule has 0 aromatic rings. The maximum absolute atomic E-state index is 11.5. The fourth-order valence-electron chi connectivity index (χ4n) is 3.89. The van der Waals surface area contributed by atoms with Crippen molar-refractivity contribution in [3.63, 3.8) is 0 Å². The van der Waals surface area contributed by atoms with Gasteiger partial charge >= 0.3 is 5.97 Å². The van der Waals surface area contributed by atoms with Crippen LogP contribution in [-0.4, -0.2) is 17.9 Å². The van der Waals surface area contributed by atoms with Gasteiger partial charge in [0.05, 0.1) is 0 Å². The highest BCUT2D eigenvalue weighted by molar-refractivity contribution is 5.92. The van der Waals surface area contributed by atoms with Crippen LogP contribution in [0.1, 0.15) is 33.1 Å². The van der Waals surface area contributed by atoms with E-state index in [0.717, 1.165) is 12.8 Å². The number of hydrogen-bond donors (Lipinski definition) is 0. The van der Waals surface area contributed by atoms with Crippen LogP contribution in [0.3, 0.4) is 0 Å². The van der Waals surface area contributed by atoms with Gasteiger partial charge in [-0.2, -0.15) is 0 Å². The molecule has 0 aromatic heterocycles. The number of allylic oxidation sites excluding steroid dienone is 2. The quantitative estimate of drug-likeness (QED) is 0.633. The van der Waals surface area contributed by atoms with E-state index in [4.69, 9.17) is 4.74 Å². The molecule has 86 valence electrons. The minimum absolute atomic E-state index is 0.0175. The Morgan fingerprint density at radius 1 is 1.50 bits per heavy atom. The third-order valence-corrected chi connectivity index (χ3v) is 4.73. The Hall–Kier alpha value is -1.12. The summed E-state index contributed by atoms with van der Waals surface area (Å²) in [4.78, 5) is 22.5. The van der Waals surface area contributed by atoms with Crippen molar-refractivity contribution in [2.24, 2.45) is 16.7 Å². The summed E-state index contributed by atoms with van der Waals surface area (Å²) in [6.45, 7) is 3.62. The van der Waals surface area contributed by atoms with Crippen LogP contribution >= 0.6 is 0 Å². The summed E-state index contributed by atoms with van der Waals surface area (Å²) in [5, 5.41) is 0. The lowest BCUT2D eigenvalue weighted by atomic mass is 9.68. The summed E-state index contributed by atoms with van der Waals surface area (Å²) in [5.74, 6) is 0.456. The van der Waals surface area contributed by atoms with Gasteiger partial charge in [0.25, 0.3) is 0 Å². The van der Waals surface area contributed by atoms with Crippen LogP contribution in [0.5, 0.6) is 0 Å². The highest BCUT2D eigenvalue weighted by atomic mass is 16.5. The van der Waals surface area contributed by atoms with Crippen molar-refractivity contribution in [3.8, 4) is 0 Å². The molecule has 3 rings (SSSR count). The van der Waals surface area contributed by atoms with Crippen molar-refractivity contribution in [2.75, 3.05) is 0 Å². The summed E-state index contributed by atoms with van der Waals surface area (Å²) in [6.07, 6.45) is 6.35. The molecule has 0 amide bonds. The van der Waals surface area contributed by atoms with Gasteiger partial charge in [0.15, 0.2) is 5.78 Å². The molecule has 3 aliphatic rings. The number of rotatable bonds is 1. The normalized spacial score (nSPS) is 48.5. The van der Waals surface area contributed by atoms with Gasteiger partial charge < -0.3 is 4.74 Å². The molecule has 0 saturated heterocycles. The molecule has 3 heteroatoms. The predicted octanol–water partition coefficient (Wildman–Crippen LogP) is 1.86. The number of ether oxygens (including phenoxy) is 1. The highest BCUT2D eigenvalue weighted by Crippen LogP contribution is 2.75. The Morgan fingerprint density at radius 3 is 2.94 bits per heavy atom. The molecule has 2 saturated carbocycles. The zero-order chi connectivity index (χ0) is 11.6. The van der Waals surface area contributed by atoms with E-state index in [1.165, 1.54) is 6.92 Å². The van der Waals surface area contributed by atoms with Crippen molar-refractivity contribution in [2.45, 2.75) is 39.2 Å². The zero-order valence-corrected chi connectivity index (χ0v) is 9.66. The monoisotopic (exact) mass is 220 g/mol. The second kappa shape index (κ2) is 2.76. The van der Waals surface area contributed by atoms with Crippen LogP contribution in [0.4, 0.5) is 0 Å². The van der Waals surface area contributed by atoms with Crippen LogP contribution in [0.2, 0.25) is 0 Å². The molecule has 0 unspecified atom stereocenters. The molecule has 1 spiro atoms. The van der Waals surface area contributed by atoms with Gasteiger partial charge in [-0.15, -0.1) is 0 Å². The lowest BCUT2D eigenvalue weighted by Crippen LogP contribution is -2.31. The lowest BCUT2D eigenvalue weighted by Gasteiger charge is -2.35. The molecule has 2 fully saturated rings. The molecular formula is C13H16O3. The molecular weight excluding hydrogens is 204 g/mol. The van der Waals surface area contributed by atoms with Crippen molar-refractivity contribution in [1.82, 2.24) is 0 Å². The molecule has 0 bridgehead atoms. The summed E-state index contributed by atoms with van der Waals surface area (Å²) >= 11 is 0. The predicted molar refractivity (Wildman–Crippen MR) is 57.6 cm³/mol. The first kappa shape index (κ1) is 10.1. The van der Waals surface area contributed by atoms with Gasteiger partial charge in [0.2, 0.25) is 0 Å². The van der Waals surface area contributed by atoms with Crippen molar-refractivity contribution in [1.29, 1.82) is 0 Å². The van der Waals surface area contributed by atoms with Crippen LogP contribution < -0.4 is 0 Å². The molecule has 16 heavy (non-hydrogen) atoms. The van der Waals surface area contributed by atoms with E-state index in [0.29, 0.717) is 12.3 Å². The topological polar surface area (TPSA) is 43.4 Å². The lowest BCUT2D eigenvalue weighted by molar-refractivity contribution is -0.147. The van der Waals surface area contributed by atoms with E-state index in [1.807, 2.05) is 0 Å². The Kier molecular flexibility index (Phi) is 1.74. The smallest absolute Gasteiger partial charge is 0.302 e. The minimum Gasteiger partial charge on any atom is -0.462 e. The van der Waals surface area contributed by atoms with E-state index in [-0.39, 0.29) is 28.7 Å². The fourth-order valence-corrected chi connectivity index (χ4v) is 3.89. The van der Waals surface area contributed by atoms with Gasteiger partial charge in [0, 0.05) is 24.7 Å². The zero-order valence-electron chi connectivity index (χ0n) is 9.66. The van der Waals surface area contributed by atoms with Crippen LogP contribution in [0, 0.1) is 16.7 Å². The first-order valence-electron chi connectivity index (χ1n) is 5.86. The number of esters is 1. The molecule has 0 aliphatic heterocycles. The number of carbonyl (C=O) groups excluding carboxylic acids is 2. The first-order valence-corrected chi connectivity index (χ1v) is 5.86. The Balaban J connectivity index is 1.89. The summed E-state index contributed by atoms with van der Waals surface area (Å²) < 4.78 is 5.37. The Bertz CT molecular complexity index is 411. The van der Waals surface area contributed by atoms with Gasteiger partial charge in [-0.05, 0) is 24.3 Å². The van der Waals surface area contributed by atoms with E-state index >= 15 is 0 Å². The first-order chi connectivity index (χ1) is 7.47. The van der Waals surface area contributed by atoms with Gasteiger partial charge in [-0.25, -0.2) is 0 Å². The molecule has 3 nitrogen and oxygen atoms in total. The number of ketones is 1. The SMILES string of the molecule is CC(=O)O[C@H]1C[C@@]2(C)CC(=O)C=C[C@@]23C[C@@H]13. The second-order valence-corrected chi connectivity index (χ2v) is 5.74. The van der Waals surface area contributed by atoms with Crippen LogP contribution in [-0.2, 0) is 14.3 Å². The van der Waals surface area contributed by atoms with E-state index in [1.54, 1.807) is 6.08 Å². The minimum atomic E-state index is -0.204. The Labute approximate surface area is 94.8 Å². The van der Waals surface area contributed by atoms with Crippen molar-refractivity contribution < 1.29 is 14.3 Å². The molecule has 3 aliphatic carbocycles. The standard InChI is InChI=1S/C13H16O3/c1-8(14)16-11-7-12(2)5-9(15)3-4-13(12)6-10(11)13/h3-4,10-11H,5-7H2,1-2H3/t10-,11-,12+,13-/m0/s1. The third kappa shape index (κ3) is 1.09. The third-order valence-electron chi connectivity index (χ3n) is 4.73. The van der Waals surface area contributed by atoms with Gasteiger partial charge in [0.1, 0.15) is 6.10 Å². The highest BCUT2D eigenvalue weighted by Gasteiger charge is 2.72. The van der Waals surface area contributed by atoms with E-state index < -0.39 is 0 Å². The maximum atomic E-state index is 11.5. The summed E-state index contributed by atoms with van der Waals surface area (Å²) in [5.41, 5.74) is 0.171. The molecule has 0 N–H and O–H groups in total. The second-order valence-electron chi connectivity index (χ2n) is 5.74. The number of carbonyl (C=O) groups is 2. The summed E-state index contributed by atoms with van der Waals surface area (Å²) in [7, 11) is 0. The van der Waals surface area contributed by atoms with Gasteiger partial charge in [-0.3, -0.25) is 9.59 Å². The Morgan fingerprint density at radius 2 is 2.25 bits per heavy atom. The molecule has 0 aromatic carbocycles. The maximum Gasteiger partial charge on any atom is 0.302 e. The largest absolute Gasteiger partial charge is 0.462 e. The average molecular weight is 220 g/mol. The summed E-state index contributed by atoms with van der Waals surface area (Å²) in [6, 6.07) is 0. The van der Waals surface area contributed by atoms with Crippen LogP contribution in [0.15, 0.2) is 12.2 Å². The average Bonchev–Trinajstić information content (AvgIpc) is 2.82. The van der Waals surface area contributed by atoms with Crippen molar-refractivity contribution >= 4 is 11.8 Å². The van der Waals surface area contributed by atoms with Crippen LogP contribution in [0.25, 0.3) is 0 Å². The number of hydrogen-bond acceptors (Lipinski definition) is 3. The fraction of sp³-hybridized carbons (Fsp3) is 0.692. The van der Waals surface area contributed by atoms with Gasteiger partial charge in [-0.1, -0.05) is 13.0 Å². The molecule has 0 radical (unpaired) electrons. The van der Waals surface area contributed by atoms with E-state index in [2.05, 4.69) is 13.0 Å². The molecule has 4 atom stereocenters. The molecule has 0 heterocycles. The van der Waals surface area contributed by atoms with E-state index in [9.17, 15) is 9.59 Å². The van der Waals surface area contributed by atoms with Crippen molar-refractivity contribution in [3.05, 3.63) is 12.2 Å².